The van der Waals surface area contributed by atoms with E-state index in [0.29, 0.717) is 31.5 Å². The van der Waals surface area contributed by atoms with Gasteiger partial charge in [0, 0.05) is 17.8 Å². The number of carbonyl (C=O) groups is 1. The minimum Gasteiger partial charge on any atom is -0.486 e. The number of carbonyl (C=O) groups excluding carboxylic acids is 1. The molecule has 1 atom stereocenters. The van der Waals surface area contributed by atoms with E-state index >= 15 is 0 Å². The molecule has 4 rings (SSSR count). The van der Waals surface area contributed by atoms with Crippen LogP contribution >= 0.6 is 0 Å². The van der Waals surface area contributed by atoms with Crippen molar-refractivity contribution in [3.63, 3.8) is 0 Å². The van der Waals surface area contributed by atoms with Gasteiger partial charge in [0.2, 0.25) is 5.91 Å². The fourth-order valence-corrected chi connectivity index (χ4v) is 3.65. The first-order valence-corrected chi connectivity index (χ1v) is 8.68. The molecule has 0 saturated heterocycles. The van der Waals surface area contributed by atoms with Gasteiger partial charge >= 0.3 is 0 Å². The molecule has 0 spiro atoms. The molecule has 0 bridgehead atoms. The molecule has 5 heteroatoms. The zero-order valence-electron chi connectivity index (χ0n) is 14.3. The number of fused-ring (bicyclic) bond motifs is 2. The molecule has 1 N–H and O–H groups in total. The largest absolute Gasteiger partial charge is 0.486 e. The highest BCUT2D eigenvalue weighted by molar-refractivity contribution is 5.92. The minimum atomic E-state index is -0.0245. The number of amides is 1. The van der Waals surface area contributed by atoms with Crippen molar-refractivity contribution >= 4 is 11.6 Å². The van der Waals surface area contributed by atoms with Gasteiger partial charge < -0.3 is 14.8 Å². The lowest BCUT2D eigenvalue weighted by Gasteiger charge is -2.25. The van der Waals surface area contributed by atoms with E-state index in [2.05, 4.69) is 34.5 Å². The van der Waals surface area contributed by atoms with E-state index in [-0.39, 0.29) is 5.91 Å². The third-order valence-corrected chi connectivity index (χ3v) is 4.85. The van der Waals surface area contributed by atoms with E-state index in [1.165, 1.54) is 11.1 Å². The fourth-order valence-electron chi connectivity index (χ4n) is 3.65. The normalized spacial score (nSPS) is 18.1. The Bertz CT molecular complexity index is 790. The minimum absolute atomic E-state index is 0.0245. The zero-order valence-corrected chi connectivity index (χ0v) is 14.3. The summed E-state index contributed by atoms with van der Waals surface area (Å²) in [5, 5.41) is 2.95. The number of hydrogen-bond acceptors (Lipinski definition) is 4. The molecule has 0 unspecified atom stereocenters. The van der Waals surface area contributed by atoms with Crippen LogP contribution in [0.15, 0.2) is 42.5 Å². The van der Waals surface area contributed by atoms with Gasteiger partial charge in [0.1, 0.15) is 13.2 Å². The Morgan fingerprint density at radius 3 is 2.84 bits per heavy atom. The number of nitrogens with zero attached hydrogens (tertiary/aromatic N) is 1. The molecule has 0 radical (unpaired) electrons. The van der Waals surface area contributed by atoms with Crippen molar-refractivity contribution in [3.05, 3.63) is 53.6 Å². The molecule has 2 aromatic rings. The average Bonchev–Trinajstić information content (AvgIpc) is 3.05. The quantitative estimate of drug-likeness (QED) is 0.931. The maximum absolute atomic E-state index is 12.4. The summed E-state index contributed by atoms with van der Waals surface area (Å²) in [6.07, 6.45) is 2.14. The maximum atomic E-state index is 12.4. The second-order valence-electron chi connectivity index (χ2n) is 6.58. The third kappa shape index (κ3) is 3.33. The van der Waals surface area contributed by atoms with Crippen LogP contribution in [0.25, 0.3) is 0 Å². The van der Waals surface area contributed by atoms with Crippen LogP contribution in [0.3, 0.4) is 0 Å². The van der Waals surface area contributed by atoms with Gasteiger partial charge in [-0.05, 0) is 43.1 Å². The Morgan fingerprint density at radius 1 is 1.16 bits per heavy atom. The lowest BCUT2D eigenvalue weighted by atomic mass is 10.1. The Hall–Kier alpha value is -2.53. The van der Waals surface area contributed by atoms with Crippen molar-refractivity contribution in [2.45, 2.75) is 18.9 Å². The first kappa shape index (κ1) is 16.0. The van der Waals surface area contributed by atoms with Gasteiger partial charge in [-0.2, -0.15) is 0 Å². The summed E-state index contributed by atoms with van der Waals surface area (Å²) in [5.41, 5.74) is 3.47. The fraction of sp³-hybridized carbons (Fsp3) is 0.350. The molecule has 25 heavy (non-hydrogen) atoms. The summed E-state index contributed by atoms with van der Waals surface area (Å²) in [7, 11) is 2.01. The van der Waals surface area contributed by atoms with Crippen LogP contribution in [-0.2, 0) is 11.2 Å². The lowest BCUT2D eigenvalue weighted by molar-refractivity contribution is -0.117. The molecular weight excluding hydrogens is 316 g/mol. The Kier molecular flexibility index (Phi) is 4.32. The van der Waals surface area contributed by atoms with Crippen molar-refractivity contribution in [2.75, 3.05) is 32.1 Å². The van der Waals surface area contributed by atoms with E-state index in [9.17, 15) is 4.79 Å². The summed E-state index contributed by atoms with van der Waals surface area (Å²) in [6.45, 7) is 1.45. The highest BCUT2D eigenvalue weighted by atomic mass is 16.6. The number of benzene rings is 2. The summed E-state index contributed by atoms with van der Waals surface area (Å²) < 4.78 is 11.1. The molecule has 1 aliphatic carbocycles. The standard InChI is InChI=1S/C20H22N2O3/c1-22(17-8-6-14-4-2-3-5-16(14)17)13-20(23)21-15-7-9-18-19(12-15)25-11-10-24-18/h2-5,7,9,12,17H,6,8,10-11,13H2,1H3,(H,21,23)/t17-/m1/s1. The SMILES string of the molecule is CN(CC(=O)Nc1ccc2c(c1)OCCO2)[C@@H]1CCc2ccccc21. The lowest BCUT2D eigenvalue weighted by Crippen LogP contribution is -2.32. The number of anilines is 1. The average molecular weight is 338 g/mol. The van der Waals surface area contributed by atoms with Gasteiger partial charge in [-0.3, -0.25) is 9.69 Å². The molecule has 130 valence electrons. The van der Waals surface area contributed by atoms with E-state index < -0.39 is 0 Å². The third-order valence-electron chi connectivity index (χ3n) is 4.85. The maximum Gasteiger partial charge on any atom is 0.238 e. The number of rotatable bonds is 4. The van der Waals surface area contributed by atoms with Crippen LogP contribution in [0.2, 0.25) is 0 Å². The van der Waals surface area contributed by atoms with Crippen molar-refractivity contribution in [1.82, 2.24) is 4.90 Å². The zero-order chi connectivity index (χ0) is 17.2. The van der Waals surface area contributed by atoms with E-state index in [1.54, 1.807) is 0 Å². The van der Waals surface area contributed by atoms with Crippen LogP contribution in [-0.4, -0.2) is 37.6 Å². The molecule has 0 fully saturated rings. The van der Waals surface area contributed by atoms with Gasteiger partial charge in [-0.25, -0.2) is 0 Å². The van der Waals surface area contributed by atoms with Gasteiger partial charge in [-0.1, -0.05) is 24.3 Å². The van der Waals surface area contributed by atoms with E-state index in [1.807, 2.05) is 25.2 Å². The van der Waals surface area contributed by atoms with Crippen molar-refractivity contribution in [3.8, 4) is 11.5 Å². The van der Waals surface area contributed by atoms with Crippen LogP contribution in [0.5, 0.6) is 11.5 Å². The number of likely N-dealkylation sites (N-methyl/N-ethyl adjacent to an activating group) is 1. The second kappa shape index (κ2) is 6.76. The highest BCUT2D eigenvalue weighted by Gasteiger charge is 2.26. The Labute approximate surface area is 147 Å². The smallest absolute Gasteiger partial charge is 0.238 e. The molecule has 1 aliphatic heterocycles. The van der Waals surface area contributed by atoms with E-state index in [4.69, 9.17) is 9.47 Å². The number of ether oxygens (including phenoxy) is 2. The van der Waals surface area contributed by atoms with Crippen LogP contribution in [0.1, 0.15) is 23.6 Å². The molecule has 0 aromatic heterocycles. The second-order valence-corrected chi connectivity index (χ2v) is 6.58. The predicted molar refractivity (Wildman–Crippen MR) is 96.2 cm³/mol. The van der Waals surface area contributed by atoms with Crippen LogP contribution < -0.4 is 14.8 Å². The van der Waals surface area contributed by atoms with Crippen molar-refractivity contribution in [2.24, 2.45) is 0 Å². The van der Waals surface area contributed by atoms with Crippen molar-refractivity contribution < 1.29 is 14.3 Å². The number of aryl methyl sites for hydroxylation is 1. The molecule has 2 aromatic carbocycles. The first-order valence-electron chi connectivity index (χ1n) is 8.68. The predicted octanol–water partition coefficient (Wildman–Crippen LogP) is 3.02. The monoisotopic (exact) mass is 338 g/mol. The van der Waals surface area contributed by atoms with Crippen molar-refractivity contribution in [1.29, 1.82) is 0 Å². The highest BCUT2D eigenvalue weighted by Crippen LogP contribution is 2.35. The summed E-state index contributed by atoms with van der Waals surface area (Å²) in [5.74, 6) is 1.38. The van der Waals surface area contributed by atoms with Gasteiger partial charge in [0.05, 0.1) is 6.54 Å². The molecule has 5 nitrogen and oxygen atoms in total. The van der Waals surface area contributed by atoms with Gasteiger partial charge in [0.25, 0.3) is 0 Å². The van der Waals surface area contributed by atoms with E-state index in [0.717, 1.165) is 24.3 Å². The topological polar surface area (TPSA) is 50.8 Å². The van der Waals surface area contributed by atoms with Gasteiger partial charge in [0.15, 0.2) is 11.5 Å². The molecular formula is C20H22N2O3. The van der Waals surface area contributed by atoms with Crippen LogP contribution in [0, 0.1) is 0 Å². The summed E-state index contributed by atoms with van der Waals surface area (Å²) in [6, 6.07) is 14.3. The Morgan fingerprint density at radius 2 is 1.96 bits per heavy atom. The van der Waals surface area contributed by atoms with Crippen LogP contribution in [0.4, 0.5) is 5.69 Å². The summed E-state index contributed by atoms with van der Waals surface area (Å²) >= 11 is 0. The number of hydrogen-bond donors (Lipinski definition) is 1. The molecule has 2 aliphatic rings. The first-order chi connectivity index (χ1) is 12.2. The molecule has 0 saturated carbocycles. The summed E-state index contributed by atoms with van der Waals surface area (Å²) in [4.78, 5) is 14.6. The Balaban J connectivity index is 1.39. The van der Waals surface area contributed by atoms with Gasteiger partial charge in [-0.15, -0.1) is 0 Å². The molecule has 1 heterocycles. The molecule has 1 amide bonds. The number of nitrogens with one attached hydrogen (secondary N) is 1.